The number of aliphatic hydroxyl groups excluding tert-OH is 2. The van der Waals surface area contributed by atoms with E-state index in [4.69, 9.17) is 8.85 Å². The Morgan fingerprint density at radius 2 is 1.04 bits per heavy atom. The highest BCUT2D eigenvalue weighted by Gasteiger charge is 2.43. The van der Waals surface area contributed by atoms with Crippen LogP contribution in [0.25, 0.3) is 0 Å². The SMILES string of the molecule is CC(C)(C)[Si](C)(C)OCC(CO)(CCO)CO[Si](C)(C)C(C)(C)C. The van der Waals surface area contributed by atoms with E-state index >= 15 is 0 Å². The van der Waals surface area contributed by atoms with Gasteiger partial charge in [0, 0.05) is 25.2 Å². The maximum Gasteiger partial charge on any atom is 0.192 e. The minimum atomic E-state index is -1.91. The fraction of sp³-hybridized carbons (Fsp3) is 1.00. The summed E-state index contributed by atoms with van der Waals surface area (Å²) in [6, 6.07) is 0. The molecule has 0 amide bonds. The van der Waals surface area contributed by atoms with E-state index in [2.05, 4.69) is 67.7 Å². The third kappa shape index (κ3) is 6.54. The van der Waals surface area contributed by atoms with Gasteiger partial charge in [-0.25, -0.2) is 0 Å². The van der Waals surface area contributed by atoms with Crippen LogP contribution < -0.4 is 0 Å². The van der Waals surface area contributed by atoms with Gasteiger partial charge in [-0.3, -0.25) is 0 Å². The first-order chi connectivity index (χ1) is 10.5. The Morgan fingerprint density at radius 1 is 0.708 bits per heavy atom. The second kappa shape index (κ2) is 8.31. The number of hydrogen-bond donors (Lipinski definition) is 2. The van der Waals surface area contributed by atoms with Crippen LogP contribution >= 0.6 is 0 Å². The standard InChI is InChI=1S/C18H42O4Si2/c1-16(2,3)23(7,8)21-14-18(13-20,11-12-19)15-22-24(9,10)17(4,5)6/h19-20H,11-15H2,1-10H3. The van der Waals surface area contributed by atoms with E-state index in [1.807, 2.05) is 0 Å². The molecule has 0 rings (SSSR count). The topological polar surface area (TPSA) is 58.9 Å². The lowest BCUT2D eigenvalue weighted by Gasteiger charge is -2.43. The molecule has 0 aliphatic rings. The van der Waals surface area contributed by atoms with Crippen molar-refractivity contribution in [2.75, 3.05) is 26.4 Å². The average molecular weight is 379 g/mol. The molecule has 4 nitrogen and oxygen atoms in total. The highest BCUT2D eigenvalue weighted by molar-refractivity contribution is 6.74. The third-order valence-electron chi connectivity index (χ3n) is 6.07. The summed E-state index contributed by atoms with van der Waals surface area (Å²) in [4.78, 5) is 0. The molecule has 0 saturated carbocycles. The van der Waals surface area contributed by atoms with Crippen LogP contribution in [0.1, 0.15) is 48.0 Å². The Kier molecular flexibility index (Phi) is 8.41. The van der Waals surface area contributed by atoms with Crippen molar-refractivity contribution >= 4 is 16.6 Å². The molecule has 0 aromatic rings. The smallest absolute Gasteiger partial charge is 0.192 e. The van der Waals surface area contributed by atoms with Crippen molar-refractivity contribution in [3.05, 3.63) is 0 Å². The van der Waals surface area contributed by atoms with Crippen LogP contribution in [0.15, 0.2) is 0 Å². The quantitative estimate of drug-likeness (QED) is 0.584. The second-order valence-corrected chi connectivity index (χ2v) is 19.8. The largest absolute Gasteiger partial charge is 0.416 e. The molecule has 24 heavy (non-hydrogen) atoms. The van der Waals surface area contributed by atoms with Crippen molar-refractivity contribution in [2.24, 2.45) is 5.41 Å². The molecule has 2 N–H and O–H groups in total. The van der Waals surface area contributed by atoms with E-state index in [9.17, 15) is 10.2 Å². The van der Waals surface area contributed by atoms with Crippen molar-refractivity contribution in [2.45, 2.75) is 84.2 Å². The minimum Gasteiger partial charge on any atom is -0.416 e. The lowest BCUT2D eigenvalue weighted by Crippen LogP contribution is -2.49. The molecule has 0 spiro atoms. The Balaban J connectivity index is 5.17. The first kappa shape index (κ1) is 24.3. The van der Waals surface area contributed by atoms with Gasteiger partial charge in [-0.2, -0.15) is 0 Å². The monoisotopic (exact) mass is 378 g/mol. The molecule has 0 aliphatic carbocycles. The predicted octanol–water partition coefficient (Wildman–Crippen LogP) is 4.39. The number of rotatable bonds is 9. The van der Waals surface area contributed by atoms with Gasteiger partial charge in [0.2, 0.25) is 0 Å². The Morgan fingerprint density at radius 3 is 1.25 bits per heavy atom. The minimum absolute atomic E-state index is 0.0300. The fourth-order valence-electron chi connectivity index (χ4n) is 1.69. The van der Waals surface area contributed by atoms with E-state index in [1.54, 1.807) is 0 Å². The van der Waals surface area contributed by atoms with Crippen LogP contribution in [0.2, 0.25) is 36.3 Å². The summed E-state index contributed by atoms with van der Waals surface area (Å²) in [6.07, 6.45) is 0.493. The van der Waals surface area contributed by atoms with Gasteiger partial charge < -0.3 is 19.1 Å². The molecule has 0 aromatic heterocycles. The average Bonchev–Trinajstić information content (AvgIpc) is 2.40. The summed E-state index contributed by atoms with van der Waals surface area (Å²) in [6.45, 7) is 23.0. The van der Waals surface area contributed by atoms with E-state index in [0.717, 1.165) is 0 Å². The summed E-state index contributed by atoms with van der Waals surface area (Å²) in [5.74, 6) is 0. The number of aliphatic hydroxyl groups is 2. The normalized spacial score (nSPS) is 15.0. The summed E-state index contributed by atoms with van der Waals surface area (Å²) < 4.78 is 12.7. The maximum absolute atomic E-state index is 10.1. The zero-order valence-electron chi connectivity index (χ0n) is 17.7. The van der Waals surface area contributed by atoms with Crippen LogP contribution in [0, 0.1) is 5.41 Å². The van der Waals surface area contributed by atoms with Gasteiger partial charge in [0.05, 0.1) is 6.61 Å². The lowest BCUT2D eigenvalue weighted by molar-refractivity contribution is -0.00322. The Hall–Kier alpha value is 0.274. The van der Waals surface area contributed by atoms with Gasteiger partial charge in [0.15, 0.2) is 16.6 Å². The van der Waals surface area contributed by atoms with Gasteiger partial charge in [-0.1, -0.05) is 41.5 Å². The molecule has 0 unspecified atom stereocenters. The zero-order valence-corrected chi connectivity index (χ0v) is 19.7. The van der Waals surface area contributed by atoms with E-state index in [-0.39, 0.29) is 23.3 Å². The molecular formula is C18H42O4Si2. The fourth-order valence-corrected chi connectivity index (χ4v) is 3.89. The molecule has 0 radical (unpaired) electrons. The van der Waals surface area contributed by atoms with Crippen molar-refractivity contribution in [3.63, 3.8) is 0 Å². The first-order valence-corrected chi connectivity index (χ1v) is 14.8. The molecule has 0 aromatic carbocycles. The van der Waals surface area contributed by atoms with Crippen molar-refractivity contribution in [3.8, 4) is 0 Å². The summed E-state index contributed by atoms with van der Waals surface area (Å²) >= 11 is 0. The number of hydrogen-bond acceptors (Lipinski definition) is 4. The summed E-state index contributed by atoms with van der Waals surface area (Å²) in [5, 5.41) is 19.8. The van der Waals surface area contributed by atoms with Gasteiger partial charge >= 0.3 is 0 Å². The van der Waals surface area contributed by atoms with Crippen LogP contribution in [0.4, 0.5) is 0 Å². The van der Waals surface area contributed by atoms with Crippen LogP contribution in [-0.4, -0.2) is 53.3 Å². The van der Waals surface area contributed by atoms with Crippen molar-refractivity contribution in [1.82, 2.24) is 0 Å². The molecule has 0 aliphatic heterocycles. The highest BCUT2D eigenvalue weighted by atomic mass is 28.4. The summed E-state index contributed by atoms with van der Waals surface area (Å²) in [7, 11) is -3.82. The third-order valence-corrected chi connectivity index (χ3v) is 15.0. The van der Waals surface area contributed by atoms with E-state index in [1.165, 1.54) is 0 Å². The molecular weight excluding hydrogens is 336 g/mol. The predicted molar refractivity (Wildman–Crippen MR) is 108 cm³/mol. The van der Waals surface area contributed by atoms with Crippen LogP contribution in [0.3, 0.4) is 0 Å². The molecule has 0 bridgehead atoms. The molecule has 0 heterocycles. The second-order valence-electron chi connectivity index (χ2n) is 10.2. The first-order valence-electron chi connectivity index (χ1n) is 9.03. The summed E-state index contributed by atoms with van der Waals surface area (Å²) in [5.41, 5.74) is -0.528. The lowest BCUT2D eigenvalue weighted by atomic mass is 9.88. The Labute approximate surface area is 152 Å². The zero-order chi connectivity index (χ0) is 19.4. The molecule has 146 valence electrons. The van der Waals surface area contributed by atoms with Crippen LogP contribution in [0.5, 0.6) is 0 Å². The van der Waals surface area contributed by atoms with E-state index in [0.29, 0.717) is 19.6 Å². The van der Waals surface area contributed by atoms with Gasteiger partial charge in [0.25, 0.3) is 0 Å². The van der Waals surface area contributed by atoms with Crippen LogP contribution in [-0.2, 0) is 8.85 Å². The maximum atomic E-state index is 10.1. The van der Waals surface area contributed by atoms with E-state index < -0.39 is 22.0 Å². The molecule has 6 heteroatoms. The Bertz CT molecular complexity index is 351. The van der Waals surface area contributed by atoms with Gasteiger partial charge in [-0.15, -0.1) is 0 Å². The van der Waals surface area contributed by atoms with Gasteiger partial charge in [0.1, 0.15) is 0 Å². The van der Waals surface area contributed by atoms with Crippen molar-refractivity contribution < 1.29 is 19.1 Å². The van der Waals surface area contributed by atoms with Crippen molar-refractivity contribution in [1.29, 1.82) is 0 Å². The molecule has 0 atom stereocenters. The molecule has 0 fully saturated rings. The highest BCUT2D eigenvalue weighted by Crippen LogP contribution is 2.40. The van der Waals surface area contributed by atoms with Gasteiger partial charge in [-0.05, 0) is 42.7 Å². The molecule has 0 saturated heterocycles.